The van der Waals surface area contributed by atoms with Crippen LogP contribution in [0.25, 0.3) is 0 Å². The van der Waals surface area contributed by atoms with Crippen LogP contribution in [0.3, 0.4) is 0 Å². The van der Waals surface area contributed by atoms with Crippen molar-refractivity contribution in [1.29, 1.82) is 0 Å². The minimum Gasteiger partial charge on any atom is -0.319 e. The van der Waals surface area contributed by atoms with E-state index in [0.29, 0.717) is 0 Å². The molecule has 0 bridgehead atoms. The first-order valence-electron chi connectivity index (χ1n) is 8.15. The van der Waals surface area contributed by atoms with E-state index in [2.05, 4.69) is 38.0 Å². The standard InChI is InChI=1S/C16H34N2/c1-5-8-9-16(7-3)18-11-10-15(12-17-4)14(6-2)13-18/h14-17H,5-13H2,1-4H3/t14-,15-,16?/m0/s1. The molecule has 1 aliphatic rings. The van der Waals surface area contributed by atoms with Crippen LogP contribution in [-0.2, 0) is 0 Å². The van der Waals surface area contributed by atoms with Gasteiger partial charge in [0.05, 0.1) is 0 Å². The Morgan fingerprint density at radius 1 is 1.22 bits per heavy atom. The Morgan fingerprint density at radius 2 is 2.00 bits per heavy atom. The molecule has 0 spiro atoms. The summed E-state index contributed by atoms with van der Waals surface area (Å²) in [6.07, 6.45) is 8.19. The minimum absolute atomic E-state index is 0.842. The Bertz CT molecular complexity index is 203. The van der Waals surface area contributed by atoms with Gasteiger partial charge in [0.2, 0.25) is 0 Å². The van der Waals surface area contributed by atoms with Gasteiger partial charge < -0.3 is 10.2 Å². The molecule has 0 aromatic heterocycles. The number of nitrogens with zero attached hydrogens (tertiary/aromatic N) is 1. The van der Waals surface area contributed by atoms with E-state index in [9.17, 15) is 0 Å². The number of piperidine rings is 1. The van der Waals surface area contributed by atoms with E-state index in [1.807, 2.05) is 0 Å². The maximum atomic E-state index is 3.38. The summed E-state index contributed by atoms with van der Waals surface area (Å²) in [5.74, 6) is 1.81. The van der Waals surface area contributed by atoms with Gasteiger partial charge in [0.25, 0.3) is 0 Å². The highest BCUT2D eigenvalue weighted by atomic mass is 15.2. The summed E-state index contributed by atoms with van der Waals surface area (Å²) >= 11 is 0. The maximum Gasteiger partial charge on any atom is 0.00927 e. The van der Waals surface area contributed by atoms with Crippen LogP contribution in [0, 0.1) is 11.8 Å². The first-order chi connectivity index (χ1) is 8.76. The summed E-state index contributed by atoms with van der Waals surface area (Å²) < 4.78 is 0. The van der Waals surface area contributed by atoms with Gasteiger partial charge in [-0.25, -0.2) is 0 Å². The molecule has 0 radical (unpaired) electrons. The Labute approximate surface area is 115 Å². The van der Waals surface area contributed by atoms with E-state index >= 15 is 0 Å². The Kier molecular flexibility index (Phi) is 7.92. The smallest absolute Gasteiger partial charge is 0.00927 e. The van der Waals surface area contributed by atoms with Crippen LogP contribution in [0.5, 0.6) is 0 Å². The normalized spacial score (nSPS) is 27.3. The van der Waals surface area contributed by atoms with Crippen LogP contribution in [0.15, 0.2) is 0 Å². The fraction of sp³-hybridized carbons (Fsp3) is 1.00. The molecule has 108 valence electrons. The van der Waals surface area contributed by atoms with Crippen LogP contribution in [0.2, 0.25) is 0 Å². The molecule has 2 nitrogen and oxygen atoms in total. The van der Waals surface area contributed by atoms with E-state index in [4.69, 9.17) is 0 Å². The first-order valence-corrected chi connectivity index (χ1v) is 8.15. The lowest BCUT2D eigenvalue weighted by Gasteiger charge is -2.42. The third-order valence-electron chi connectivity index (χ3n) is 4.79. The summed E-state index contributed by atoms with van der Waals surface area (Å²) in [7, 11) is 2.09. The van der Waals surface area contributed by atoms with E-state index in [1.165, 1.54) is 58.2 Å². The van der Waals surface area contributed by atoms with Crippen molar-refractivity contribution in [2.24, 2.45) is 11.8 Å². The predicted molar refractivity (Wildman–Crippen MR) is 81.0 cm³/mol. The monoisotopic (exact) mass is 254 g/mol. The van der Waals surface area contributed by atoms with Crippen molar-refractivity contribution in [1.82, 2.24) is 10.2 Å². The molecule has 0 aromatic carbocycles. The van der Waals surface area contributed by atoms with Crippen LogP contribution in [0.1, 0.15) is 59.3 Å². The van der Waals surface area contributed by atoms with Gasteiger partial charge >= 0.3 is 0 Å². The van der Waals surface area contributed by atoms with Crippen LogP contribution < -0.4 is 5.32 Å². The molecule has 1 saturated heterocycles. The quantitative estimate of drug-likeness (QED) is 0.713. The average Bonchev–Trinajstić information content (AvgIpc) is 2.41. The van der Waals surface area contributed by atoms with Gasteiger partial charge in [-0.2, -0.15) is 0 Å². The summed E-state index contributed by atoms with van der Waals surface area (Å²) in [6.45, 7) is 10.9. The highest BCUT2D eigenvalue weighted by Crippen LogP contribution is 2.28. The molecule has 1 fully saturated rings. The van der Waals surface area contributed by atoms with Crippen molar-refractivity contribution in [3.05, 3.63) is 0 Å². The summed E-state index contributed by atoms with van der Waals surface area (Å²) in [6, 6.07) is 0.842. The van der Waals surface area contributed by atoms with Gasteiger partial charge in [-0.3, -0.25) is 0 Å². The topological polar surface area (TPSA) is 15.3 Å². The zero-order chi connectivity index (χ0) is 13.4. The molecular weight excluding hydrogens is 220 g/mol. The Hall–Kier alpha value is -0.0800. The lowest BCUT2D eigenvalue weighted by molar-refractivity contribution is 0.0722. The molecule has 3 atom stereocenters. The second-order valence-corrected chi connectivity index (χ2v) is 5.97. The van der Waals surface area contributed by atoms with Crippen LogP contribution >= 0.6 is 0 Å². The molecule has 1 aliphatic heterocycles. The summed E-state index contributed by atoms with van der Waals surface area (Å²) in [5.41, 5.74) is 0. The lowest BCUT2D eigenvalue weighted by Crippen LogP contribution is -2.47. The van der Waals surface area contributed by atoms with E-state index < -0.39 is 0 Å². The molecule has 1 N–H and O–H groups in total. The molecule has 0 aromatic rings. The van der Waals surface area contributed by atoms with Gasteiger partial charge in [0.1, 0.15) is 0 Å². The molecule has 0 saturated carbocycles. The van der Waals surface area contributed by atoms with E-state index in [1.54, 1.807) is 0 Å². The SMILES string of the molecule is CCCCC(CC)N1CC[C@@H](CNC)[C@@H](CC)C1. The fourth-order valence-corrected chi connectivity index (χ4v) is 3.52. The van der Waals surface area contributed by atoms with Gasteiger partial charge in [-0.05, 0) is 51.2 Å². The number of unbranched alkanes of at least 4 members (excludes halogenated alkanes) is 1. The molecule has 0 amide bonds. The van der Waals surface area contributed by atoms with Crippen molar-refractivity contribution in [2.45, 2.75) is 65.3 Å². The number of hydrogen-bond donors (Lipinski definition) is 1. The molecule has 1 unspecified atom stereocenters. The minimum atomic E-state index is 0.842. The number of rotatable bonds is 8. The van der Waals surface area contributed by atoms with Crippen molar-refractivity contribution in [2.75, 3.05) is 26.7 Å². The zero-order valence-corrected chi connectivity index (χ0v) is 13.0. The third kappa shape index (κ3) is 4.55. The van der Waals surface area contributed by atoms with Crippen molar-refractivity contribution in [3.8, 4) is 0 Å². The largest absolute Gasteiger partial charge is 0.319 e. The van der Waals surface area contributed by atoms with Gasteiger partial charge in [-0.15, -0.1) is 0 Å². The van der Waals surface area contributed by atoms with E-state index in [-0.39, 0.29) is 0 Å². The molecule has 2 heteroatoms. The second kappa shape index (κ2) is 8.92. The lowest BCUT2D eigenvalue weighted by atomic mass is 9.82. The Morgan fingerprint density at radius 3 is 2.56 bits per heavy atom. The van der Waals surface area contributed by atoms with Crippen LogP contribution in [-0.4, -0.2) is 37.6 Å². The van der Waals surface area contributed by atoms with Crippen molar-refractivity contribution < 1.29 is 0 Å². The molecular formula is C16H34N2. The van der Waals surface area contributed by atoms with Gasteiger partial charge in [0.15, 0.2) is 0 Å². The van der Waals surface area contributed by atoms with Crippen LogP contribution in [0.4, 0.5) is 0 Å². The van der Waals surface area contributed by atoms with Gasteiger partial charge in [-0.1, -0.05) is 40.0 Å². The third-order valence-corrected chi connectivity index (χ3v) is 4.79. The molecule has 1 heterocycles. The second-order valence-electron chi connectivity index (χ2n) is 5.97. The van der Waals surface area contributed by atoms with E-state index in [0.717, 1.165) is 17.9 Å². The van der Waals surface area contributed by atoms with Crippen molar-refractivity contribution >= 4 is 0 Å². The highest BCUT2D eigenvalue weighted by Gasteiger charge is 2.30. The highest BCUT2D eigenvalue weighted by molar-refractivity contribution is 4.84. The fourth-order valence-electron chi connectivity index (χ4n) is 3.52. The number of nitrogens with one attached hydrogen (secondary N) is 1. The average molecular weight is 254 g/mol. The maximum absolute atomic E-state index is 3.38. The summed E-state index contributed by atoms with van der Waals surface area (Å²) in [5, 5.41) is 3.38. The molecule has 1 rings (SSSR count). The molecule has 0 aliphatic carbocycles. The first kappa shape index (κ1) is 16.0. The molecule has 18 heavy (non-hydrogen) atoms. The number of hydrogen-bond acceptors (Lipinski definition) is 2. The predicted octanol–water partition coefficient (Wildman–Crippen LogP) is 3.52. The Balaban J connectivity index is 2.48. The summed E-state index contributed by atoms with van der Waals surface area (Å²) in [4.78, 5) is 2.79. The van der Waals surface area contributed by atoms with Crippen molar-refractivity contribution in [3.63, 3.8) is 0 Å². The number of likely N-dealkylation sites (tertiary alicyclic amines) is 1. The zero-order valence-electron chi connectivity index (χ0n) is 13.0. The van der Waals surface area contributed by atoms with Gasteiger partial charge in [0, 0.05) is 12.6 Å².